The number of unbranched alkanes of at least 4 members (excludes halogenated alkanes) is 42. The minimum absolute atomic E-state index is 0.00485. The highest BCUT2D eigenvalue weighted by molar-refractivity contribution is 7.45. The molecular weight excluding hydrogens is 888 g/mol. The zero-order valence-electron chi connectivity index (χ0n) is 47.5. The van der Waals surface area contributed by atoms with E-state index in [9.17, 15) is 19.4 Å². The molecule has 0 aliphatic carbocycles. The van der Waals surface area contributed by atoms with Crippen LogP contribution in [-0.2, 0) is 18.4 Å². The first-order valence-corrected chi connectivity index (χ1v) is 32.2. The van der Waals surface area contributed by atoms with Crippen LogP contribution in [0.25, 0.3) is 0 Å². The van der Waals surface area contributed by atoms with E-state index in [-0.39, 0.29) is 12.5 Å². The average molecular weight is 1010 g/mol. The summed E-state index contributed by atoms with van der Waals surface area (Å²) >= 11 is 0. The highest BCUT2D eigenvalue weighted by Crippen LogP contribution is 2.38. The van der Waals surface area contributed by atoms with Crippen molar-refractivity contribution in [3.05, 3.63) is 24.3 Å². The summed E-state index contributed by atoms with van der Waals surface area (Å²) in [5.74, 6) is -0.206. The van der Waals surface area contributed by atoms with Crippen LogP contribution in [0.3, 0.4) is 0 Å². The SMILES string of the molecule is CCC/C=C/CC/C=C/C(O)C(COP(=O)([O-])OCC[N+](C)(C)C)NC(=O)CCCCCCCCCCCCCCCCCCCCCCCCCCCCCCCCCCCCCCCCCCC. The number of carbonyl (C=O) groups is 1. The van der Waals surface area contributed by atoms with Gasteiger partial charge in [0.25, 0.3) is 7.82 Å². The Hall–Kier alpha value is -1.02. The molecule has 0 aromatic carbocycles. The Labute approximate surface area is 436 Å². The lowest BCUT2D eigenvalue weighted by Gasteiger charge is -2.29. The summed E-state index contributed by atoms with van der Waals surface area (Å²) < 4.78 is 23.1. The molecule has 0 aromatic heterocycles. The van der Waals surface area contributed by atoms with Gasteiger partial charge in [-0.15, -0.1) is 0 Å². The van der Waals surface area contributed by atoms with Gasteiger partial charge in [0.15, 0.2) is 0 Å². The van der Waals surface area contributed by atoms with E-state index in [1.165, 1.54) is 244 Å². The molecule has 0 fully saturated rings. The third kappa shape index (κ3) is 54.7. The van der Waals surface area contributed by atoms with Gasteiger partial charge >= 0.3 is 0 Å². The topological polar surface area (TPSA) is 108 Å². The van der Waals surface area contributed by atoms with Crippen LogP contribution in [0, 0.1) is 0 Å². The van der Waals surface area contributed by atoms with Crippen molar-refractivity contribution in [2.75, 3.05) is 40.9 Å². The number of likely N-dealkylation sites (N-methyl/N-ethyl adjacent to an activating group) is 1. The first-order valence-electron chi connectivity index (χ1n) is 30.7. The number of allylic oxidation sites excluding steroid dienone is 3. The Balaban J connectivity index is 3.66. The molecule has 3 unspecified atom stereocenters. The van der Waals surface area contributed by atoms with Gasteiger partial charge in [0.2, 0.25) is 5.91 Å². The van der Waals surface area contributed by atoms with Crippen LogP contribution in [-0.4, -0.2) is 68.5 Å². The number of aliphatic hydroxyl groups excluding tert-OH is 1. The Morgan fingerprint density at radius 1 is 0.486 bits per heavy atom. The standard InChI is InChI=1S/C61H121N2O6P/c1-6-8-10-12-14-15-16-17-18-19-20-21-22-23-24-25-26-27-28-29-30-31-32-33-34-35-36-37-38-39-40-41-42-43-44-45-46-47-49-51-53-55-61(65)62-59(60(64)54-52-50-48-13-11-9-7-2)58-69-70(66,67)68-57-56-63(3,4)5/h11,13,52,54,59-60,64H,6-10,12,14-51,53,55-58H2,1-5H3,(H-,62,65,66,67)/b13-11+,54-52+. The molecule has 0 aromatic rings. The summed E-state index contributed by atoms with van der Waals surface area (Å²) in [4.78, 5) is 25.3. The van der Waals surface area contributed by atoms with E-state index in [1.54, 1.807) is 6.08 Å². The Kier molecular flexibility index (Phi) is 52.1. The van der Waals surface area contributed by atoms with Crippen molar-refractivity contribution in [1.82, 2.24) is 5.32 Å². The third-order valence-corrected chi connectivity index (χ3v) is 15.1. The highest BCUT2D eigenvalue weighted by Gasteiger charge is 2.23. The number of aliphatic hydroxyl groups is 1. The lowest BCUT2D eigenvalue weighted by Crippen LogP contribution is -2.45. The molecule has 3 atom stereocenters. The molecule has 0 aliphatic rings. The molecule has 0 rings (SSSR count). The van der Waals surface area contributed by atoms with Crippen LogP contribution in [0.1, 0.15) is 309 Å². The molecular formula is C61H121N2O6P. The maximum atomic E-state index is 12.8. The fourth-order valence-corrected chi connectivity index (χ4v) is 10.1. The lowest BCUT2D eigenvalue weighted by atomic mass is 10.0. The minimum Gasteiger partial charge on any atom is -0.756 e. The zero-order valence-corrected chi connectivity index (χ0v) is 48.4. The van der Waals surface area contributed by atoms with Crippen molar-refractivity contribution in [2.45, 2.75) is 321 Å². The van der Waals surface area contributed by atoms with Crippen LogP contribution in [0.4, 0.5) is 0 Å². The number of nitrogens with zero attached hydrogens (tertiary/aromatic N) is 1. The predicted octanol–water partition coefficient (Wildman–Crippen LogP) is 18.1. The monoisotopic (exact) mass is 1010 g/mol. The molecule has 0 heterocycles. The average Bonchev–Trinajstić information content (AvgIpc) is 3.32. The summed E-state index contributed by atoms with van der Waals surface area (Å²) in [6.45, 7) is 4.54. The Morgan fingerprint density at radius 2 is 0.800 bits per heavy atom. The van der Waals surface area contributed by atoms with Gasteiger partial charge in [-0.25, -0.2) is 0 Å². The number of hydrogen-bond donors (Lipinski definition) is 2. The molecule has 2 N–H and O–H groups in total. The number of quaternary nitrogens is 1. The van der Waals surface area contributed by atoms with Crippen molar-refractivity contribution in [2.24, 2.45) is 0 Å². The van der Waals surface area contributed by atoms with Crippen molar-refractivity contribution in [3.63, 3.8) is 0 Å². The fourth-order valence-electron chi connectivity index (χ4n) is 9.36. The van der Waals surface area contributed by atoms with Gasteiger partial charge < -0.3 is 28.8 Å². The molecule has 0 bridgehead atoms. The van der Waals surface area contributed by atoms with Crippen LogP contribution in [0.2, 0.25) is 0 Å². The number of phosphoric acid groups is 1. The molecule has 1 amide bonds. The minimum atomic E-state index is -4.59. The van der Waals surface area contributed by atoms with Gasteiger partial charge in [-0.2, -0.15) is 0 Å². The molecule has 0 saturated carbocycles. The Bertz CT molecular complexity index is 1190. The number of rotatable bonds is 57. The van der Waals surface area contributed by atoms with E-state index in [4.69, 9.17) is 9.05 Å². The molecule has 416 valence electrons. The number of carbonyl (C=O) groups excluding carboxylic acids is 1. The molecule has 70 heavy (non-hydrogen) atoms. The summed E-state index contributed by atoms with van der Waals surface area (Å²) in [7, 11) is 1.25. The number of nitrogens with one attached hydrogen (secondary N) is 1. The van der Waals surface area contributed by atoms with Gasteiger partial charge in [-0.1, -0.05) is 301 Å². The second-order valence-corrected chi connectivity index (χ2v) is 23.8. The van der Waals surface area contributed by atoms with E-state index in [2.05, 4.69) is 31.3 Å². The van der Waals surface area contributed by atoms with Crippen LogP contribution < -0.4 is 10.2 Å². The van der Waals surface area contributed by atoms with Crippen molar-refractivity contribution in [3.8, 4) is 0 Å². The normalized spacial score (nSPS) is 14.0. The first kappa shape index (κ1) is 69.0. The second-order valence-electron chi connectivity index (χ2n) is 22.4. The molecule has 0 radical (unpaired) electrons. The first-order chi connectivity index (χ1) is 34.0. The predicted molar refractivity (Wildman–Crippen MR) is 302 cm³/mol. The zero-order chi connectivity index (χ0) is 51.3. The quantitative estimate of drug-likeness (QED) is 0.0272. The summed E-state index contributed by atoms with van der Waals surface area (Å²) in [6, 6.07) is -0.897. The molecule has 8 nitrogen and oxygen atoms in total. The molecule has 9 heteroatoms. The fraction of sp³-hybridized carbons (Fsp3) is 0.918. The van der Waals surface area contributed by atoms with Crippen molar-refractivity contribution >= 4 is 13.7 Å². The van der Waals surface area contributed by atoms with E-state index < -0.39 is 26.6 Å². The van der Waals surface area contributed by atoms with Crippen molar-refractivity contribution < 1.29 is 32.9 Å². The van der Waals surface area contributed by atoms with Gasteiger partial charge in [0, 0.05) is 6.42 Å². The van der Waals surface area contributed by atoms with Gasteiger partial charge in [-0.05, 0) is 25.7 Å². The molecule has 0 saturated heterocycles. The second kappa shape index (κ2) is 52.8. The third-order valence-electron chi connectivity index (χ3n) is 14.1. The van der Waals surface area contributed by atoms with E-state index in [0.29, 0.717) is 17.4 Å². The van der Waals surface area contributed by atoms with E-state index in [1.807, 2.05) is 27.2 Å². The maximum absolute atomic E-state index is 12.8. The number of phosphoric ester groups is 1. The van der Waals surface area contributed by atoms with E-state index >= 15 is 0 Å². The van der Waals surface area contributed by atoms with Gasteiger partial charge in [-0.3, -0.25) is 9.36 Å². The maximum Gasteiger partial charge on any atom is 0.268 e. The van der Waals surface area contributed by atoms with Crippen LogP contribution >= 0.6 is 7.82 Å². The smallest absolute Gasteiger partial charge is 0.268 e. The highest BCUT2D eigenvalue weighted by atomic mass is 31.2. The largest absolute Gasteiger partial charge is 0.756 e. The molecule has 0 spiro atoms. The van der Waals surface area contributed by atoms with Crippen LogP contribution in [0.5, 0.6) is 0 Å². The number of amides is 1. The van der Waals surface area contributed by atoms with E-state index in [0.717, 1.165) is 44.9 Å². The molecule has 0 aliphatic heterocycles. The van der Waals surface area contributed by atoms with Gasteiger partial charge in [0.1, 0.15) is 13.2 Å². The van der Waals surface area contributed by atoms with Crippen LogP contribution in [0.15, 0.2) is 24.3 Å². The summed E-state index contributed by atoms with van der Waals surface area (Å²) in [6.07, 6.45) is 67.9. The Morgan fingerprint density at radius 3 is 1.13 bits per heavy atom. The van der Waals surface area contributed by atoms with Gasteiger partial charge in [0.05, 0.1) is 39.9 Å². The summed E-state index contributed by atoms with van der Waals surface area (Å²) in [5, 5.41) is 13.7. The number of hydrogen-bond acceptors (Lipinski definition) is 6. The lowest BCUT2D eigenvalue weighted by molar-refractivity contribution is -0.870. The summed E-state index contributed by atoms with van der Waals surface area (Å²) in [5.41, 5.74) is 0. The van der Waals surface area contributed by atoms with Crippen molar-refractivity contribution in [1.29, 1.82) is 0 Å².